The van der Waals surface area contributed by atoms with Crippen LogP contribution >= 0.6 is 44.3 Å². The second kappa shape index (κ2) is 11.0. The third kappa shape index (κ3) is 6.08. The fourth-order valence-corrected chi connectivity index (χ4v) is 3.87. The molecular weight excluding hydrogens is 536 g/mol. The number of halogens is 3. The molecule has 3 rings (SSSR count). The van der Waals surface area contributed by atoms with Crippen LogP contribution in [0.2, 0.25) is 0 Å². The van der Waals surface area contributed by atoms with Crippen LogP contribution in [0.4, 0.5) is 0 Å². The van der Waals surface area contributed by atoms with Crippen LogP contribution in [0.1, 0.15) is 25.5 Å². The second-order valence-corrected chi connectivity index (χ2v) is 9.99. The summed E-state index contributed by atoms with van der Waals surface area (Å²) < 4.78 is 12.2. The Morgan fingerprint density at radius 1 is 1.13 bits per heavy atom. The minimum absolute atomic E-state index is 0. The molecule has 1 saturated carbocycles. The Morgan fingerprint density at radius 2 is 1.77 bits per heavy atom. The van der Waals surface area contributed by atoms with E-state index < -0.39 is 6.10 Å². The van der Waals surface area contributed by atoms with E-state index in [-0.39, 0.29) is 41.8 Å². The standard InChI is InChI=1S/C22H19Br2NO3.ClH.H3N/c1-22(2)17(12-19(23)24)20(22)21(26)28-18(13-25)14-7-6-10-16(11-14)27-15-8-4-3-5-9-15;;/h3-12,17-18,20H,1-2H3;1H;1H3/t17-,18+,20-;;/m0../s1. The maximum Gasteiger partial charge on any atom is 0.311 e. The third-order valence-corrected chi connectivity index (χ3v) is 5.49. The van der Waals surface area contributed by atoms with Gasteiger partial charge in [-0.25, -0.2) is 0 Å². The van der Waals surface area contributed by atoms with Gasteiger partial charge in [-0.05, 0) is 67.5 Å². The highest BCUT2D eigenvalue weighted by Gasteiger charge is 2.61. The zero-order valence-corrected chi connectivity index (χ0v) is 20.5. The van der Waals surface area contributed by atoms with Crippen molar-refractivity contribution < 1.29 is 14.3 Å². The first-order valence-corrected chi connectivity index (χ1v) is 10.4. The molecule has 3 atom stereocenters. The number of esters is 1. The Labute approximate surface area is 199 Å². The first kappa shape index (κ1) is 26.2. The Morgan fingerprint density at radius 3 is 2.37 bits per heavy atom. The van der Waals surface area contributed by atoms with Crippen molar-refractivity contribution in [1.82, 2.24) is 6.15 Å². The Bertz CT molecular complexity index is 941. The lowest BCUT2D eigenvalue weighted by atomic mass is 10.1. The molecule has 0 aliphatic heterocycles. The monoisotopic (exact) mass is 556 g/mol. The highest BCUT2D eigenvalue weighted by Crippen LogP contribution is 2.60. The van der Waals surface area contributed by atoms with Crippen LogP contribution in [0.3, 0.4) is 0 Å². The van der Waals surface area contributed by atoms with Crippen molar-refractivity contribution in [1.29, 1.82) is 5.26 Å². The minimum Gasteiger partial charge on any atom is -0.457 e. The van der Waals surface area contributed by atoms with E-state index in [0.717, 1.165) is 3.39 Å². The van der Waals surface area contributed by atoms with Crippen molar-refractivity contribution in [3.63, 3.8) is 0 Å². The third-order valence-electron chi connectivity index (χ3n) is 4.96. The van der Waals surface area contributed by atoms with Gasteiger partial charge >= 0.3 is 5.97 Å². The largest absolute Gasteiger partial charge is 0.457 e. The maximum absolute atomic E-state index is 12.7. The molecule has 5 nitrogen and oxygen atoms in total. The molecule has 160 valence electrons. The van der Waals surface area contributed by atoms with Crippen LogP contribution in [-0.4, -0.2) is 5.97 Å². The summed E-state index contributed by atoms with van der Waals surface area (Å²) in [6.07, 6.45) is 0.960. The number of carbonyl (C=O) groups is 1. The summed E-state index contributed by atoms with van der Waals surface area (Å²) in [5.74, 6) is 0.683. The van der Waals surface area contributed by atoms with Crippen LogP contribution < -0.4 is 10.9 Å². The number of rotatable bonds is 6. The molecule has 0 spiro atoms. The number of hydrogen-bond donors (Lipinski definition) is 1. The predicted octanol–water partition coefficient (Wildman–Crippen LogP) is 7.07. The van der Waals surface area contributed by atoms with Crippen LogP contribution in [0.5, 0.6) is 11.5 Å². The molecule has 1 fully saturated rings. The molecule has 1 aliphatic rings. The van der Waals surface area contributed by atoms with Gasteiger partial charge in [-0.3, -0.25) is 4.79 Å². The Hall–Kier alpha value is -1.85. The Kier molecular flexibility index (Phi) is 9.57. The number of ether oxygens (including phenoxy) is 2. The lowest BCUT2D eigenvalue weighted by molar-refractivity contribution is -0.149. The number of carbonyl (C=O) groups excluding carboxylic acids is 1. The lowest BCUT2D eigenvalue weighted by Crippen LogP contribution is -2.14. The summed E-state index contributed by atoms with van der Waals surface area (Å²) in [5.41, 5.74) is 0.374. The molecule has 1 aliphatic carbocycles. The van der Waals surface area contributed by atoms with Crippen LogP contribution in [0, 0.1) is 28.6 Å². The topological polar surface area (TPSA) is 94.3 Å². The normalized spacial score (nSPS) is 19.0. The minimum atomic E-state index is -0.986. The summed E-state index contributed by atoms with van der Waals surface area (Å²) in [6, 6.07) is 18.5. The fraction of sp³-hybridized carbons (Fsp3) is 0.273. The molecule has 0 unspecified atom stereocenters. The first-order valence-electron chi connectivity index (χ1n) is 8.78. The molecule has 0 bridgehead atoms. The molecule has 3 N–H and O–H groups in total. The van der Waals surface area contributed by atoms with Crippen LogP contribution in [0.15, 0.2) is 64.1 Å². The molecule has 8 heteroatoms. The number of para-hydroxylation sites is 1. The van der Waals surface area contributed by atoms with Crippen molar-refractivity contribution >= 4 is 50.2 Å². The summed E-state index contributed by atoms with van der Waals surface area (Å²) >= 11 is 6.68. The van der Waals surface area contributed by atoms with Crippen molar-refractivity contribution in [2.45, 2.75) is 20.0 Å². The maximum atomic E-state index is 12.7. The molecule has 0 heterocycles. The van der Waals surface area contributed by atoms with Crippen molar-refractivity contribution in [3.8, 4) is 17.6 Å². The smallest absolute Gasteiger partial charge is 0.311 e. The van der Waals surface area contributed by atoms with E-state index >= 15 is 0 Å². The van der Waals surface area contributed by atoms with Gasteiger partial charge in [-0.2, -0.15) is 5.26 Å². The zero-order valence-electron chi connectivity index (χ0n) is 16.5. The van der Waals surface area contributed by atoms with Crippen molar-refractivity contribution in [3.05, 3.63) is 69.6 Å². The van der Waals surface area contributed by atoms with Gasteiger partial charge in [0.25, 0.3) is 0 Å². The molecule has 0 amide bonds. The quantitative estimate of drug-likeness (QED) is 0.383. The van der Waals surface area contributed by atoms with Gasteiger partial charge in [-0.1, -0.05) is 50.3 Å². The number of nitriles is 1. The number of nitrogens with zero attached hydrogens (tertiary/aromatic N) is 1. The number of benzene rings is 2. The molecule has 2 aromatic rings. The fourth-order valence-electron chi connectivity index (χ4n) is 3.30. The molecule has 2 aromatic carbocycles. The van der Waals surface area contributed by atoms with Crippen molar-refractivity contribution in [2.75, 3.05) is 0 Å². The molecule has 0 aromatic heterocycles. The first-order chi connectivity index (χ1) is 13.3. The van der Waals surface area contributed by atoms with E-state index in [4.69, 9.17) is 9.47 Å². The SMILES string of the molecule is CC1(C)[C@H](C(=O)O[C@H](C#N)c2cccc(Oc3ccccc3)c2)[C@@H]1C=C(Br)Br.Cl.N. The van der Waals surface area contributed by atoms with Crippen LogP contribution in [-0.2, 0) is 9.53 Å². The highest BCUT2D eigenvalue weighted by atomic mass is 79.9. The lowest BCUT2D eigenvalue weighted by Gasteiger charge is -2.13. The van der Waals surface area contributed by atoms with E-state index in [1.54, 1.807) is 24.3 Å². The van der Waals surface area contributed by atoms with Crippen LogP contribution in [0.25, 0.3) is 0 Å². The number of hydrogen-bond acceptors (Lipinski definition) is 5. The summed E-state index contributed by atoms with van der Waals surface area (Å²) in [7, 11) is 0. The zero-order chi connectivity index (χ0) is 20.3. The Balaban J connectivity index is 0.00000225. The predicted molar refractivity (Wildman–Crippen MR) is 126 cm³/mol. The summed E-state index contributed by atoms with van der Waals surface area (Å²) in [6.45, 7) is 4.03. The van der Waals surface area contributed by atoms with Gasteiger partial charge in [0, 0.05) is 5.56 Å². The van der Waals surface area contributed by atoms with E-state index in [0.29, 0.717) is 17.1 Å². The van der Waals surface area contributed by atoms with E-state index in [1.807, 2.05) is 50.3 Å². The van der Waals surface area contributed by atoms with Crippen molar-refractivity contribution in [2.24, 2.45) is 17.3 Å². The second-order valence-electron chi connectivity index (χ2n) is 7.21. The van der Waals surface area contributed by atoms with E-state index in [2.05, 4.69) is 37.9 Å². The van der Waals surface area contributed by atoms with Gasteiger partial charge in [0.05, 0.1) is 9.31 Å². The summed E-state index contributed by atoms with van der Waals surface area (Å²) in [4.78, 5) is 12.7. The summed E-state index contributed by atoms with van der Waals surface area (Å²) in [5, 5.41) is 9.56. The average molecular weight is 559 g/mol. The van der Waals surface area contributed by atoms with E-state index in [9.17, 15) is 10.1 Å². The average Bonchev–Trinajstić information content (AvgIpc) is 3.20. The van der Waals surface area contributed by atoms with Gasteiger partial charge in [0.1, 0.15) is 17.6 Å². The molecule has 0 saturated heterocycles. The van der Waals surface area contributed by atoms with Gasteiger partial charge in [0.2, 0.25) is 6.10 Å². The van der Waals surface area contributed by atoms with Gasteiger partial charge < -0.3 is 15.6 Å². The molecule has 30 heavy (non-hydrogen) atoms. The molecular formula is C22H23Br2ClN2O3. The van der Waals surface area contributed by atoms with E-state index in [1.165, 1.54) is 0 Å². The highest BCUT2D eigenvalue weighted by molar-refractivity contribution is 9.28. The van der Waals surface area contributed by atoms with Gasteiger partial charge in [-0.15, -0.1) is 12.4 Å². The molecule has 0 radical (unpaired) electrons. The van der Waals surface area contributed by atoms with Gasteiger partial charge in [0.15, 0.2) is 0 Å². The number of allylic oxidation sites excluding steroid dienone is 1.